The zero-order chi connectivity index (χ0) is 13.1. The van der Waals surface area contributed by atoms with Gasteiger partial charge in [-0.3, -0.25) is 0 Å². The molecule has 17 heavy (non-hydrogen) atoms. The SMILES string of the molecule is CCC(C(N)=S)S(=O)(=O)N1CCC(CCO)C1. The fraction of sp³-hybridized carbons (Fsp3) is 0.900. The Balaban J connectivity index is 2.75. The van der Waals surface area contributed by atoms with Gasteiger partial charge in [0.15, 0.2) is 0 Å². The van der Waals surface area contributed by atoms with Crippen LogP contribution in [0.5, 0.6) is 0 Å². The number of rotatable bonds is 6. The number of hydrogen-bond donors (Lipinski definition) is 2. The van der Waals surface area contributed by atoms with Crippen molar-refractivity contribution < 1.29 is 13.5 Å². The second kappa shape index (κ2) is 6.08. The molecule has 1 heterocycles. The average Bonchev–Trinajstić information content (AvgIpc) is 2.67. The molecule has 1 rings (SSSR count). The molecule has 0 bridgehead atoms. The third-order valence-electron chi connectivity index (χ3n) is 3.19. The lowest BCUT2D eigenvalue weighted by atomic mass is 10.1. The van der Waals surface area contributed by atoms with Crippen molar-refractivity contribution in [2.24, 2.45) is 11.7 Å². The van der Waals surface area contributed by atoms with Gasteiger partial charge in [0.05, 0.1) is 4.99 Å². The summed E-state index contributed by atoms with van der Waals surface area (Å²) in [6, 6.07) is 0. The van der Waals surface area contributed by atoms with E-state index in [1.807, 2.05) is 0 Å². The van der Waals surface area contributed by atoms with Gasteiger partial charge in [0.2, 0.25) is 10.0 Å². The maximum absolute atomic E-state index is 12.3. The van der Waals surface area contributed by atoms with E-state index in [-0.39, 0.29) is 17.5 Å². The van der Waals surface area contributed by atoms with Crippen molar-refractivity contribution in [3.05, 3.63) is 0 Å². The van der Waals surface area contributed by atoms with E-state index in [2.05, 4.69) is 0 Å². The van der Waals surface area contributed by atoms with Crippen molar-refractivity contribution >= 4 is 27.2 Å². The first kappa shape index (κ1) is 14.8. The monoisotopic (exact) mass is 280 g/mol. The molecule has 5 nitrogen and oxygen atoms in total. The largest absolute Gasteiger partial charge is 0.396 e. The zero-order valence-electron chi connectivity index (χ0n) is 10.0. The van der Waals surface area contributed by atoms with E-state index < -0.39 is 15.3 Å². The molecule has 0 spiro atoms. The highest BCUT2D eigenvalue weighted by molar-refractivity contribution is 7.92. The summed E-state index contributed by atoms with van der Waals surface area (Å²) >= 11 is 4.81. The Kier molecular flexibility index (Phi) is 5.30. The molecule has 0 aromatic carbocycles. The van der Waals surface area contributed by atoms with Gasteiger partial charge >= 0.3 is 0 Å². The summed E-state index contributed by atoms with van der Waals surface area (Å²) in [5.41, 5.74) is 5.48. The Morgan fingerprint density at radius 2 is 2.29 bits per heavy atom. The Hall–Kier alpha value is -0.240. The van der Waals surface area contributed by atoms with Gasteiger partial charge < -0.3 is 10.8 Å². The number of nitrogens with zero attached hydrogens (tertiary/aromatic N) is 1. The van der Waals surface area contributed by atoms with E-state index in [0.717, 1.165) is 6.42 Å². The van der Waals surface area contributed by atoms with Crippen LogP contribution < -0.4 is 5.73 Å². The minimum absolute atomic E-state index is 0.0399. The van der Waals surface area contributed by atoms with Crippen molar-refractivity contribution in [2.45, 2.75) is 31.4 Å². The van der Waals surface area contributed by atoms with E-state index in [1.54, 1.807) is 6.92 Å². The van der Waals surface area contributed by atoms with Gasteiger partial charge in [0.1, 0.15) is 5.25 Å². The fourth-order valence-electron chi connectivity index (χ4n) is 2.18. The standard InChI is InChI=1S/C10H20N2O3S2/c1-2-9(10(11)16)17(14,15)12-5-3-8(7-12)4-6-13/h8-9,13H,2-7H2,1H3,(H2,11,16). The summed E-state index contributed by atoms with van der Waals surface area (Å²) in [7, 11) is -3.42. The minimum Gasteiger partial charge on any atom is -0.396 e. The number of aliphatic hydroxyl groups is 1. The third-order valence-corrected chi connectivity index (χ3v) is 5.99. The van der Waals surface area contributed by atoms with Crippen LogP contribution in [0.4, 0.5) is 0 Å². The number of thiocarbonyl (C=S) groups is 1. The van der Waals surface area contributed by atoms with Gasteiger partial charge in [-0.2, -0.15) is 0 Å². The Bertz CT molecular complexity index is 370. The molecule has 1 saturated heterocycles. The molecular formula is C10H20N2O3S2. The van der Waals surface area contributed by atoms with Gasteiger partial charge in [-0.1, -0.05) is 19.1 Å². The van der Waals surface area contributed by atoms with E-state index in [4.69, 9.17) is 23.1 Å². The third kappa shape index (κ3) is 3.37. The molecule has 0 saturated carbocycles. The van der Waals surface area contributed by atoms with Crippen LogP contribution >= 0.6 is 12.2 Å². The quantitative estimate of drug-likeness (QED) is 0.674. The van der Waals surface area contributed by atoms with Crippen LogP contribution in [0.25, 0.3) is 0 Å². The summed E-state index contributed by atoms with van der Waals surface area (Å²) < 4.78 is 26.0. The highest BCUT2D eigenvalue weighted by Gasteiger charge is 2.37. The van der Waals surface area contributed by atoms with E-state index >= 15 is 0 Å². The summed E-state index contributed by atoms with van der Waals surface area (Å²) in [6.07, 6.45) is 1.85. The van der Waals surface area contributed by atoms with Gasteiger partial charge in [0, 0.05) is 19.7 Å². The molecule has 2 atom stereocenters. The highest BCUT2D eigenvalue weighted by atomic mass is 32.2. The van der Waals surface area contributed by atoms with Crippen molar-refractivity contribution in [3.63, 3.8) is 0 Å². The van der Waals surface area contributed by atoms with Crippen molar-refractivity contribution in [1.29, 1.82) is 0 Å². The number of aliphatic hydroxyl groups excluding tert-OH is 1. The molecule has 7 heteroatoms. The lowest BCUT2D eigenvalue weighted by Crippen LogP contribution is -2.43. The second-order valence-electron chi connectivity index (χ2n) is 4.37. The molecule has 0 aromatic rings. The van der Waals surface area contributed by atoms with Gasteiger partial charge in [-0.15, -0.1) is 0 Å². The molecular weight excluding hydrogens is 260 g/mol. The molecule has 1 fully saturated rings. The van der Waals surface area contributed by atoms with E-state index in [9.17, 15) is 8.42 Å². The van der Waals surface area contributed by atoms with E-state index in [0.29, 0.717) is 25.9 Å². The lowest BCUT2D eigenvalue weighted by molar-refractivity contribution is 0.259. The highest BCUT2D eigenvalue weighted by Crippen LogP contribution is 2.24. The molecule has 0 aromatic heterocycles. The Labute approximate surface area is 108 Å². The molecule has 0 amide bonds. The molecule has 100 valence electrons. The second-order valence-corrected chi connectivity index (χ2v) is 6.96. The van der Waals surface area contributed by atoms with Crippen molar-refractivity contribution in [1.82, 2.24) is 4.31 Å². The first-order chi connectivity index (χ1) is 7.93. The summed E-state index contributed by atoms with van der Waals surface area (Å²) in [5, 5.41) is 8.09. The Morgan fingerprint density at radius 1 is 1.65 bits per heavy atom. The molecule has 1 aliphatic rings. The molecule has 0 radical (unpaired) electrons. The lowest BCUT2D eigenvalue weighted by Gasteiger charge is -2.22. The van der Waals surface area contributed by atoms with Crippen LogP contribution in [0.15, 0.2) is 0 Å². The summed E-state index contributed by atoms with van der Waals surface area (Å²) in [6.45, 7) is 2.85. The smallest absolute Gasteiger partial charge is 0.223 e. The van der Waals surface area contributed by atoms with Crippen LogP contribution in [-0.4, -0.2) is 47.8 Å². The fourth-order valence-corrected chi connectivity index (χ4v) is 4.57. The van der Waals surface area contributed by atoms with Gasteiger partial charge in [-0.25, -0.2) is 12.7 Å². The van der Waals surface area contributed by atoms with Crippen molar-refractivity contribution in [2.75, 3.05) is 19.7 Å². The summed E-state index contributed by atoms with van der Waals surface area (Å²) in [5.74, 6) is 0.249. The molecule has 2 unspecified atom stereocenters. The maximum Gasteiger partial charge on any atom is 0.223 e. The van der Waals surface area contributed by atoms with Gasteiger partial charge in [-0.05, 0) is 25.2 Å². The Morgan fingerprint density at radius 3 is 2.76 bits per heavy atom. The first-order valence-electron chi connectivity index (χ1n) is 5.82. The first-order valence-corrected chi connectivity index (χ1v) is 7.73. The zero-order valence-corrected chi connectivity index (χ0v) is 11.6. The number of nitrogens with two attached hydrogens (primary N) is 1. The minimum atomic E-state index is -3.42. The number of hydrogen-bond acceptors (Lipinski definition) is 4. The normalized spacial score (nSPS) is 23.8. The van der Waals surface area contributed by atoms with Crippen LogP contribution in [0.3, 0.4) is 0 Å². The topological polar surface area (TPSA) is 83.6 Å². The van der Waals surface area contributed by atoms with Crippen LogP contribution in [0.2, 0.25) is 0 Å². The van der Waals surface area contributed by atoms with Crippen LogP contribution in [0, 0.1) is 5.92 Å². The predicted octanol–water partition coefficient (Wildman–Crippen LogP) is 0.0852. The van der Waals surface area contributed by atoms with Crippen LogP contribution in [-0.2, 0) is 10.0 Å². The van der Waals surface area contributed by atoms with Crippen LogP contribution in [0.1, 0.15) is 26.2 Å². The summed E-state index contributed by atoms with van der Waals surface area (Å²) in [4.78, 5) is 0.0399. The molecule has 3 N–H and O–H groups in total. The van der Waals surface area contributed by atoms with Gasteiger partial charge in [0.25, 0.3) is 0 Å². The van der Waals surface area contributed by atoms with E-state index in [1.165, 1.54) is 4.31 Å². The average molecular weight is 280 g/mol. The van der Waals surface area contributed by atoms with Crippen molar-refractivity contribution in [3.8, 4) is 0 Å². The molecule has 0 aliphatic carbocycles. The maximum atomic E-state index is 12.3. The number of sulfonamides is 1. The molecule has 1 aliphatic heterocycles. The predicted molar refractivity (Wildman–Crippen MR) is 71.2 cm³/mol.